The minimum Gasteiger partial charge on any atom is -0.258 e. The van der Waals surface area contributed by atoms with Gasteiger partial charge in [-0.3, -0.25) is 10.1 Å². The predicted octanol–water partition coefficient (Wildman–Crippen LogP) is 2.44. The molecule has 0 aliphatic rings. The molecule has 1 rings (SSSR count). The molecule has 0 spiro atoms. The molecule has 0 saturated heterocycles. The van der Waals surface area contributed by atoms with Crippen molar-refractivity contribution in [2.75, 3.05) is 0 Å². The van der Waals surface area contributed by atoms with Gasteiger partial charge in [-0.2, -0.15) is 0 Å². The van der Waals surface area contributed by atoms with Crippen LogP contribution >= 0.6 is 33.3 Å². The monoisotopic (exact) mass is 361 g/mol. The molecule has 1 aromatic rings. The summed E-state index contributed by atoms with van der Waals surface area (Å²) in [5.41, 5.74) is -0.167. The summed E-state index contributed by atoms with van der Waals surface area (Å²) in [6.07, 6.45) is 0. The van der Waals surface area contributed by atoms with Crippen molar-refractivity contribution in [3.63, 3.8) is 0 Å². The number of rotatable bonds is 2. The Bertz CT molecular complexity index is 528. The Morgan fingerprint density at radius 2 is 2.00 bits per heavy atom. The first-order chi connectivity index (χ1) is 6.75. The third-order valence-electron chi connectivity index (χ3n) is 1.78. The summed E-state index contributed by atoms with van der Waals surface area (Å²) >= 11 is 1.77. The van der Waals surface area contributed by atoms with Gasteiger partial charge < -0.3 is 0 Å². The van der Waals surface area contributed by atoms with Crippen molar-refractivity contribution in [2.45, 2.75) is 11.8 Å². The minimum atomic E-state index is -3.94. The highest BCUT2D eigenvalue weighted by Crippen LogP contribution is 2.31. The van der Waals surface area contributed by atoms with E-state index in [-0.39, 0.29) is 16.1 Å². The molecule has 8 heteroatoms. The van der Waals surface area contributed by atoms with Crippen LogP contribution in [-0.4, -0.2) is 13.3 Å². The smallest absolute Gasteiger partial charge is 0.258 e. The predicted molar refractivity (Wildman–Crippen MR) is 63.6 cm³/mol. The molecule has 1 aromatic carbocycles. The molecule has 0 unspecified atom stereocenters. The van der Waals surface area contributed by atoms with Crippen LogP contribution in [0.5, 0.6) is 0 Å². The van der Waals surface area contributed by atoms with Crippen molar-refractivity contribution in [3.05, 3.63) is 31.4 Å². The van der Waals surface area contributed by atoms with Crippen LogP contribution in [0.4, 0.5) is 5.69 Å². The molecule has 0 saturated carbocycles. The van der Waals surface area contributed by atoms with Crippen molar-refractivity contribution in [1.82, 2.24) is 0 Å². The standard InChI is InChI=1S/C7H5ClINO4S/c1-4-6(15(8,13)14)3-2-5(9)7(4)10(11)12/h2-3H,1H3. The molecule has 0 N–H and O–H groups in total. The molecule has 0 amide bonds. The van der Waals surface area contributed by atoms with Crippen molar-refractivity contribution < 1.29 is 13.3 Å². The fourth-order valence-electron chi connectivity index (χ4n) is 1.14. The van der Waals surface area contributed by atoms with Crippen LogP contribution in [0.25, 0.3) is 0 Å². The summed E-state index contributed by atoms with van der Waals surface area (Å²) < 4.78 is 22.5. The van der Waals surface area contributed by atoms with E-state index in [1.54, 1.807) is 22.6 Å². The Kier molecular flexibility index (Phi) is 3.56. The van der Waals surface area contributed by atoms with E-state index >= 15 is 0 Å². The van der Waals surface area contributed by atoms with Gasteiger partial charge in [0.05, 0.1) is 13.4 Å². The Labute approximate surface area is 104 Å². The van der Waals surface area contributed by atoms with Crippen molar-refractivity contribution in [1.29, 1.82) is 0 Å². The molecule has 0 aromatic heterocycles. The molecular weight excluding hydrogens is 357 g/mol. The zero-order valence-corrected chi connectivity index (χ0v) is 11.1. The maximum Gasteiger partial charge on any atom is 0.286 e. The number of nitro benzene ring substituents is 1. The summed E-state index contributed by atoms with van der Waals surface area (Å²) in [5, 5.41) is 10.7. The topological polar surface area (TPSA) is 77.3 Å². The SMILES string of the molecule is Cc1c(S(=O)(=O)Cl)ccc(I)c1[N+](=O)[O-]. The highest BCUT2D eigenvalue weighted by Gasteiger charge is 2.24. The maximum atomic E-state index is 11.1. The van der Waals surface area contributed by atoms with Crippen LogP contribution in [0.15, 0.2) is 17.0 Å². The van der Waals surface area contributed by atoms with Gasteiger partial charge in [-0.05, 0) is 41.6 Å². The van der Waals surface area contributed by atoms with E-state index in [1.807, 2.05) is 0 Å². The van der Waals surface area contributed by atoms with Gasteiger partial charge in [0.15, 0.2) is 0 Å². The fourth-order valence-corrected chi connectivity index (χ4v) is 3.11. The van der Waals surface area contributed by atoms with Gasteiger partial charge in [0.1, 0.15) is 0 Å². The van der Waals surface area contributed by atoms with Crippen molar-refractivity contribution in [3.8, 4) is 0 Å². The van der Waals surface area contributed by atoms with Crippen LogP contribution < -0.4 is 0 Å². The molecular formula is C7H5ClINO4S. The van der Waals surface area contributed by atoms with Crippen LogP contribution in [0.1, 0.15) is 5.56 Å². The van der Waals surface area contributed by atoms with Gasteiger partial charge >= 0.3 is 0 Å². The minimum absolute atomic E-state index is 0.0573. The highest BCUT2D eigenvalue weighted by molar-refractivity contribution is 14.1. The number of hydrogen-bond acceptors (Lipinski definition) is 4. The van der Waals surface area contributed by atoms with E-state index in [2.05, 4.69) is 0 Å². The summed E-state index contributed by atoms with van der Waals surface area (Å²) in [6.45, 7) is 1.36. The molecule has 0 heterocycles. The molecule has 0 bridgehead atoms. The van der Waals surface area contributed by atoms with Gasteiger partial charge in [-0.25, -0.2) is 8.42 Å². The quantitative estimate of drug-likeness (QED) is 0.351. The fraction of sp³-hybridized carbons (Fsp3) is 0.143. The number of nitrogens with zero attached hydrogens (tertiary/aromatic N) is 1. The second-order valence-corrected chi connectivity index (χ2v) is 6.41. The lowest BCUT2D eigenvalue weighted by Gasteiger charge is -2.04. The molecule has 82 valence electrons. The first-order valence-electron chi connectivity index (χ1n) is 3.63. The number of hydrogen-bond donors (Lipinski definition) is 0. The van der Waals surface area contributed by atoms with E-state index in [1.165, 1.54) is 19.1 Å². The van der Waals surface area contributed by atoms with Gasteiger partial charge in [-0.15, -0.1) is 0 Å². The van der Waals surface area contributed by atoms with Crippen molar-refractivity contribution in [2.24, 2.45) is 0 Å². The van der Waals surface area contributed by atoms with Crippen LogP contribution in [0.2, 0.25) is 0 Å². The molecule has 0 radical (unpaired) electrons. The van der Waals surface area contributed by atoms with E-state index in [9.17, 15) is 18.5 Å². The number of benzene rings is 1. The van der Waals surface area contributed by atoms with Gasteiger partial charge in [-0.1, -0.05) is 0 Å². The lowest BCUT2D eigenvalue weighted by atomic mass is 10.2. The second kappa shape index (κ2) is 4.22. The highest BCUT2D eigenvalue weighted by atomic mass is 127. The molecule has 0 fully saturated rings. The lowest BCUT2D eigenvalue weighted by Crippen LogP contribution is -2.01. The first kappa shape index (κ1) is 12.7. The number of halogens is 2. The van der Waals surface area contributed by atoms with Crippen LogP contribution in [0.3, 0.4) is 0 Å². The zero-order valence-electron chi connectivity index (χ0n) is 7.40. The zero-order chi connectivity index (χ0) is 11.8. The Morgan fingerprint density at radius 3 is 2.40 bits per heavy atom. The lowest BCUT2D eigenvalue weighted by molar-refractivity contribution is -0.386. The number of nitro groups is 1. The molecule has 15 heavy (non-hydrogen) atoms. The summed E-state index contributed by atoms with van der Waals surface area (Å²) in [7, 11) is 1.20. The van der Waals surface area contributed by atoms with E-state index in [0.29, 0.717) is 3.57 Å². The largest absolute Gasteiger partial charge is 0.286 e. The summed E-state index contributed by atoms with van der Waals surface area (Å²) in [5.74, 6) is 0. The first-order valence-corrected chi connectivity index (χ1v) is 7.02. The molecule has 0 aliphatic carbocycles. The Morgan fingerprint density at radius 1 is 1.47 bits per heavy atom. The normalized spacial score (nSPS) is 11.4. The molecule has 0 aliphatic heterocycles. The van der Waals surface area contributed by atoms with Crippen molar-refractivity contribution >= 4 is 48.0 Å². The Hall–Kier alpha value is -0.410. The van der Waals surface area contributed by atoms with E-state index in [0.717, 1.165) is 0 Å². The molecule has 0 atom stereocenters. The average molecular weight is 362 g/mol. The van der Waals surface area contributed by atoms with Gasteiger partial charge in [0.25, 0.3) is 14.7 Å². The third kappa shape index (κ3) is 2.58. The maximum absolute atomic E-state index is 11.1. The third-order valence-corrected chi connectivity index (χ3v) is 4.11. The van der Waals surface area contributed by atoms with Gasteiger partial charge in [0.2, 0.25) is 0 Å². The summed E-state index contributed by atoms with van der Waals surface area (Å²) in [4.78, 5) is 9.84. The van der Waals surface area contributed by atoms with Crippen LogP contribution in [0, 0.1) is 20.6 Å². The molecule has 5 nitrogen and oxygen atoms in total. The summed E-state index contributed by atoms with van der Waals surface area (Å²) in [6, 6.07) is 2.60. The van der Waals surface area contributed by atoms with E-state index in [4.69, 9.17) is 10.7 Å². The van der Waals surface area contributed by atoms with Crippen LogP contribution in [-0.2, 0) is 9.05 Å². The second-order valence-electron chi connectivity index (χ2n) is 2.71. The Balaban J connectivity index is 3.64. The van der Waals surface area contributed by atoms with Gasteiger partial charge in [0, 0.05) is 16.2 Å². The average Bonchev–Trinajstić information content (AvgIpc) is 2.00. The van der Waals surface area contributed by atoms with E-state index < -0.39 is 14.0 Å².